The molecule has 0 amide bonds. The molecule has 0 unspecified atom stereocenters. The second-order valence-corrected chi connectivity index (χ2v) is 8.83. The van der Waals surface area contributed by atoms with Crippen LogP contribution in [0.4, 0.5) is 0 Å². The van der Waals surface area contributed by atoms with Gasteiger partial charge in [0, 0.05) is 23.9 Å². The van der Waals surface area contributed by atoms with E-state index in [1.54, 1.807) is 6.07 Å². The number of sulfone groups is 1. The smallest absolute Gasteiger partial charge is 0.147 e. The molecule has 0 aliphatic rings. The standard InChI is InChI=1S/C15H24ClNO3S/c1-15(2,3)17-11-12-7-5-8-13(16)14(12)20-9-6-10-21(4,18)19/h5,7-8,17H,6,9-11H2,1-4H3. The van der Waals surface area contributed by atoms with Gasteiger partial charge in [0.15, 0.2) is 0 Å². The molecule has 4 nitrogen and oxygen atoms in total. The molecule has 0 fully saturated rings. The van der Waals surface area contributed by atoms with Crippen LogP contribution in [0.25, 0.3) is 0 Å². The number of ether oxygens (including phenoxy) is 1. The summed E-state index contributed by atoms with van der Waals surface area (Å²) in [5.74, 6) is 0.747. The zero-order valence-electron chi connectivity index (χ0n) is 13.1. The fraction of sp³-hybridized carbons (Fsp3) is 0.600. The average Bonchev–Trinajstić information content (AvgIpc) is 2.31. The minimum atomic E-state index is -2.95. The summed E-state index contributed by atoms with van der Waals surface area (Å²) in [5, 5.41) is 3.93. The summed E-state index contributed by atoms with van der Waals surface area (Å²) in [6.45, 7) is 7.24. The third-order valence-corrected chi connectivity index (χ3v) is 4.09. The zero-order valence-corrected chi connectivity index (χ0v) is 14.6. The van der Waals surface area contributed by atoms with E-state index < -0.39 is 9.84 Å². The maximum Gasteiger partial charge on any atom is 0.147 e. The number of rotatable bonds is 7. The molecule has 0 atom stereocenters. The molecule has 21 heavy (non-hydrogen) atoms. The van der Waals surface area contributed by atoms with E-state index in [1.165, 1.54) is 6.26 Å². The maximum atomic E-state index is 11.1. The summed E-state index contributed by atoms with van der Waals surface area (Å²) >= 11 is 6.18. The van der Waals surface area contributed by atoms with Crippen molar-refractivity contribution in [2.24, 2.45) is 0 Å². The van der Waals surface area contributed by atoms with Gasteiger partial charge in [0.05, 0.1) is 17.4 Å². The number of para-hydroxylation sites is 1. The molecular weight excluding hydrogens is 310 g/mol. The summed E-state index contributed by atoms with van der Waals surface area (Å²) < 4.78 is 27.9. The monoisotopic (exact) mass is 333 g/mol. The summed E-state index contributed by atoms with van der Waals surface area (Å²) in [6.07, 6.45) is 1.68. The van der Waals surface area contributed by atoms with Crippen molar-refractivity contribution in [2.45, 2.75) is 39.3 Å². The summed E-state index contributed by atoms with van der Waals surface area (Å²) in [5.41, 5.74) is 0.965. The van der Waals surface area contributed by atoms with Gasteiger partial charge in [-0.05, 0) is 33.3 Å². The predicted molar refractivity (Wildman–Crippen MR) is 87.9 cm³/mol. The van der Waals surface area contributed by atoms with Crippen LogP contribution >= 0.6 is 11.6 Å². The van der Waals surface area contributed by atoms with Gasteiger partial charge in [-0.15, -0.1) is 0 Å². The van der Waals surface area contributed by atoms with Gasteiger partial charge in [-0.2, -0.15) is 0 Å². The normalized spacial score (nSPS) is 12.4. The van der Waals surface area contributed by atoms with E-state index in [2.05, 4.69) is 26.1 Å². The summed E-state index contributed by atoms with van der Waals surface area (Å²) in [6, 6.07) is 5.61. The Morgan fingerprint density at radius 2 is 1.95 bits per heavy atom. The van der Waals surface area contributed by atoms with Crippen molar-refractivity contribution >= 4 is 21.4 Å². The second-order valence-electron chi connectivity index (χ2n) is 6.16. The Bertz CT molecular complexity index is 565. The number of hydrogen-bond acceptors (Lipinski definition) is 4. The van der Waals surface area contributed by atoms with Crippen LogP contribution in [0.15, 0.2) is 18.2 Å². The third-order valence-electron chi connectivity index (χ3n) is 2.76. The minimum Gasteiger partial charge on any atom is -0.492 e. The second kappa shape index (κ2) is 7.47. The van der Waals surface area contributed by atoms with Crippen LogP contribution in [0.3, 0.4) is 0 Å². The van der Waals surface area contributed by atoms with Gasteiger partial charge in [0.1, 0.15) is 15.6 Å². The Morgan fingerprint density at radius 1 is 1.29 bits per heavy atom. The molecule has 1 N–H and O–H groups in total. The zero-order chi connectivity index (χ0) is 16.1. The van der Waals surface area contributed by atoms with Crippen LogP contribution in [0.1, 0.15) is 32.8 Å². The Labute approximate surface area is 132 Å². The number of hydrogen-bond donors (Lipinski definition) is 1. The molecule has 0 heterocycles. The van der Waals surface area contributed by atoms with Gasteiger partial charge in [0.2, 0.25) is 0 Å². The van der Waals surface area contributed by atoms with Crippen LogP contribution in [0.5, 0.6) is 5.75 Å². The van der Waals surface area contributed by atoms with E-state index in [-0.39, 0.29) is 11.3 Å². The van der Waals surface area contributed by atoms with E-state index >= 15 is 0 Å². The molecule has 1 aromatic carbocycles. The predicted octanol–water partition coefficient (Wildman–Crippen LogP) is 3.04. The van der Waals surface area contributed by atoms with E-state index in [9.17, 15) is 8.42 Å². The van der Waals surface area contributed by atoms with E-state index in [0.717, 1.165) is 5.56 Å². The van der Waals surface area contributed by atoms with Crippen molar-refractivity contribution in [3.8, 4) is 5.75 Å². The molecule has 1 aromatic rings. The van der Waals surface area contributed by atoms with Gasteiger partial charge in [-0.25, -0.2) is 8.42 Å². The van der Waals surface area contributed by atoms with Crippen molar-refractivity contribution in [1.82, 2.24) is 5.32 Å². The van der Waals surface area contributed by atoms with Gasteiger partial charge < -0.3 is 10.1 Å². The Kier molecular flexibility index (Phi) is 6.50. The van der Waals surface area contributed by atoms with Gasteiger partial charge in [-0.1, -0.05) is 23.7 Å². The van der Waals surface area contributed by atoms with Gasteiger partial charge in [0.25, 0.3) is 0 Å². The average molecular weight is 334 g/mol. The maximum absolute atomic E-state index is 11.1. The first-order valence-electron chi connectivity index (χ1n) is 6.91. The highest BCUT2D eigenvalue weighted by Gasteiger charge is 2.13. The van der Waals surface area contributed by atoms with Crippen LogP contribution in [0.2, 0.25) is 5.02 Å². The topological polar surface area (TPSA) is 55.4 Å². The number of benzene rings is 1. The Hall–Kier alpha value is -0.780. The molecule has 0 bridgehead atoms. The molecular formula is C15H24ClNO3S. The van der Waals surface area contributed by atoms with E-state index in [1.807, 2.05) is 12.1 Å². The van der Waals surface area contributed by atoms with Crippen molar-refractivity contribution in [1.29, 1.82) is 0 Å². The molecule has 0 aromatic heterocycles. The fourth-order valence-electron chi connectivity index (χ4n) is 1.71. The fourth-order valence-corrected chi connectivity index (χ4v) is 2.60. The van der Waals surface area contributed by atoms with E-state index in [0.29, 0.717) is 30.3 Å². The minimum absolute atomic E-state index is 0.00409. The molecule has 0 saturated carbocycles. The van der Waals surface area contributed by atoms with Crippen molar-refractivity contribution in [3.63, 3.8) is 0 Å². The van der Waals surface area contributed by atoms with Crippen LogP contribution in [0, 0.1) is 0 Å². The number of nitrogens with one attached hydrogen (secondary N) is 1. The van der Waals surface area contributed by atoms with Crippen molar-refractivity contribution in [2.75, 3.05) is 18.6 Å². The quantitative estimate of drug-likeness (QED) is 0.779. The molecule has 0 aliphatic carbocycles. The molecule has 120 valence electrons. The number of halogens is 1. The molecule has 6 heteroatoms. The van der Waals surface area contributed by atoms with Crippen LogP contribution < -0.4 is 10.1 Å². The first-order valence-corrected chi connectivity index (χ1v) is 9.35. The van der Waals surface area contributed by atoms with Crippen LogP contribution in [-0.2, 0) is 16.4 Å². The first kappa shape index (κ1) is 18.3. The molecule has 0 aliphatic heterocycles. The lowest BCUT2D eigenvalue weighted by atomic mass is 10.1. The SMILES string of the molecule is CC(C)(C)NCc1cccc(Cl)c1OCCCS(C)(=O)=O. The van der Waals surface area contributed by atoms with Crippen LogP contribution in [-0.4, -0.2) is 32.6 Å². The molecule has 0 saturated heterocycles. The highest BCUT2D eigenvalue weighted by atomic mass is 35.5. The van der Waals surface area contributed by atoms with Crippen molar-refractivity contribution < 1.29 is 13.2 Å². The first-order chi connectivity index (χ1) is 9.58. The van der Waals surface area contributed by atoms with Gasteiger partial charge >= 0.3 is 0 Å². The highest BCUT2D eigenvalue weighted by Crippen LogP contribution is 2.29. The molecule has 0 radical (unpaired) electrons. The Morgan fingerprint density at radius 3 is 2.52 bits per heavy atom. The highest BCUT2D eigenvalue weighted by molar-refractivity contribution is 7.90. The largest absolute Gasteiger partial charge is 0.492 e. The van der Waals surface area contributed by atoms with Gasteiger partial charge in [-0.3, -0.25) is 0 Å². The van der Waals surface area contributed by atoms with E-state index in [4.69, 9.17) is 16.3 Å². The molecule has 1 rings (SSSR count). The summed E-state index contributed by atoms with van der Waals surface area (Å²) in [4.78, 5) is 0. The van der Waals surface area contributed by atoms with Crippen molar-refractivity contribution in [3.05, 3.63) is 28.8 Å². The lowest BCUT2D eigenvalue weighted by Gasteiger charge is -2.22. The third kappa shape index (κ3) is 7.69. The Balaban J connectivity index is 2.67. The lowest BCUT2D eigenvalue weighted by Crippen LogP contribution is -2.35. The summed E-state index contributed by atoms with van der Waals surface area (Å²) in [7, 11) is -2.95. The lowest BCUT2D eigenvalue weighted by molar-refractivity contribution is 0.311. The molecule has 0 spiro atoms.